The second-order valence-electron chi connectivity index (χ2n) is 3.19. The number of nitrogens with zero attached hydrogens (tertiary/aromatic N) is 2. The average molecular weight is 208 g/mol. The molecule has 2 aromatic rings. The van der Waals surface area contributed by atoms with Crippen molar-refractivity contribution < 1.29 is 8.78 Å². The van der Waals surface area contributed by atoms with Crippen molar-refractivity contribution in [1.82, 2.24) is 15.4 Å². The molecule has 0 unspecified atom stereocenters. The van der Waals surface area contributed by atoms with Gasteiger partial charge in [-0.2, -0.15) is 0 Å². The largest absolute Gasteiger partial charge is 0.262 e. The third kappa shape index (κ3) is 2.18. The van der Waals surface area contributed by atoms with Crippen LogP contribution in [0, 0.1) is 18.6 Å². The molecule has 1 aromatic heterocycles. The van der Waals surface area contributed by atoms with Gasteiger partial charge in [-0.3, -0.25) is 5.10 Å². The lowest BCUT2D eigenvalue weighted by atomic mass is 10.1. The van der Waals surface area contributed by atoms with Gasteiger partial charge < -0.3 is 0 Å². The summed E-state index contributed by atoms with van der Waals surface area (Å²) in [4.78, 5) is 0. The average Bonchev–Trinajstić information content (AvgIpc) is 2.50. The zero-order valence-corrected chi connectivity index (χ0v) is 7.80. The first-order valence-corrected chi connectivity index (χ1v) is 4.32. The van der Waals surface area contributed by atoms with Gasteiger partial charge in [0.1, 0.15) is 11.6 Å². The second kappa shape index (κ2) is 3.76. The summed E-state index contributed by atoms with van der Waals surface area (Å²) >= 11 is 0. The molecule has 0 aliphatic carbocycles. The Labute approximate surface area is 85.1 Å². The molecule has 1 aromatic carbocycles. The molecule has 0 spiro atoms. The molecule has 1 heterocycles. The summed E-state index contributed by atoms with van der Waals surface area (Å²) < 4.78 is 25.7. The lowest BCUT2D eigenvalue weighted by Gasteiger charge is -2.00. The maximum atomic E-state index is 12.9. The summed E-state index contributed by atoms with van der Waals surface area (Å²) in [6.07, 6.45) is 0.334. The smallest absolute Gasteiger partial charge is 0.126 e. The summed E-state index contributed by atoms with van der Waals surface area (Å²) in [5.41, 5.74) is 1.66. The van der Waals surface area contributed by atoms with E-state index >= 15 is 0 Å². The zero-order chi connectivity index (χ0) is 10.8. The standard InChI is InChI=1S/C10H8F2N3/c1-6-10(14-15-13-6)4-7-2-8(11)5-9(12)3-7/h2-3,5H,1,4H2,(H,13,14,15). The number of aromatic nitrogens is 3. The van der Waals surface area contributed by atoms with Gasteiger partial charge in [0, 0.05) is 12.5 Å². The molecule has 0 amide bonds. The Kier molecular flexibility index (Phi) is 2.45. The minimum absolute atomic E-state index is 0.334. The SMILES string of the molecule is [CH2]c1nn[nH]c1Cc1cc(F)cc(F)c1. The zero-order valence-electron chi connectivity index (χ0n) is 7.80. The normalized spacial score (nSPS) is 10.6. The number of H-pyrrole nitrogens is 1. The first kappa shape index (κ1) is 9.76. The van der Waals surface area contributed by atoms with Crippen molar-refractivity contribution in [3.63, 3.8) is 0 Å². The van der Waals surface area contributed by atoms with Crippen LogP contribution in [0.4, 0.5) is 8.78 Å². The molecule has 5 heteroatoms. The molecular weight excluding hydrogens is 200 g/mol. The highest BCUT2D eigenvalue weighted by Crippen LogP contribution is 2.12. The summed E-state index contributed by atoms with van der Waals surface area (Å²) in [6, 6.07) is 3.37. The Morgan fingerprint density at radius 3 is 2.40 bits per heavy atom. The number of benzene rings is 1. The molecule has 0 bridgehead atoms. The Morgan fingerprint density at radius 1 is 1.20 bits per heavy atom. The lowest BCUT2D eigenvalue weighted by molar-refractivity contribution is 0.580. The monoisotopic (exact) mass is 208 g/mol. The number of rotatable bonds is 2. The predicted octanol–water partition coefficient (Wildman–Crippen LogP) is 1.86. The summed E-state index contributed by atoms with van der Waals surface area (Å²) in [5, 5.41) is 9.82. The molecule has 0 aliphatic rings. The minimum Gasteiger partial charge on any atom is -0.262 e. The van der Waals surface area contributed by atoms with Gasteiger partial charge in [-0.05, 0) is 24.6 Å². The molecule has 15 heavy (non-hydrogen) atoms. The number of halogens is 2. The maximum absolute atomic E-state index is 12.9. The first-order valence-electron chi connectivity index (χ1n) is 4.32. The highest BCUT2D eigenvalue weighted by molar-refractivity contribution is 5.25. The fourth-order valence-electron chi connectivity index (χ4n) is 1.33. The third-order valence-corrected chi connectivity index (χ3v) is 2.01. The van der Waals surface area contributed by atoms with E-state index in [-0.39, 0.29) is 0 Å². The van der Waals surface area contributed by atoms with Gasteiger partial charge in [-0.25, -0.2) is 8.78 Å². The van der Waals surface area contributed by atoms with Crippen molar-refractivity contribution in [2.45, 2.75) is 6.42 Å². The highest BCUT2D eigenvalue weighted by Gasteiger charge is 2.06. The summed E-state index contributed by atoms with van der Waals surface area (Å²) in [5.74, 6) is -1.19. The number of hydrogen-bond acceptors (Lipinski definition) is 2. The van der Waals surface area contributed by atoms with E-state index in [0.29, 0.717) is 23.4 Å². The van der Waals surface area contributed by atoms with Crippen LogP contribution in [0.15, 0.2) is 18.2 Å². The van der Waals surface area contributed by atoms with Crippen LogP contribution in [0.1, 0.15) is 17.0 Å². The van der Waals surface area contributed by atoms with Crippen molar-refractivity contribution in [2.24, 2.45) is 0 Å². The van der Waals surface area contributed by atoms with E-state index in [4.69, 9.17) is 0 Å². The number of nitrogens with one attached hydrogen (secondary N) is 1. The quantitative estimate of drug-likeness (QED) is 0.818. The van der Waals surface area contributed by atoms with Gasteiger partial charge >= 0.3 is 0 Å². The molecule has 1 N–H and O–H groups in total. The third-order valence-electron chi connectivity index (χ3n) is 2.01. The van der Waals surface area contributed by atoms with Crippen molar-refractivity contribution in [1.29, 1.82) is 0 Å². The van der Waals surface area contributed by atoms with Gasteiger partial charge in [0.25, 0.3) is 0 Å². The van der Waals surface area contributed by atoms with E-state index in [0.717, 1.165) is 6.07 Å². The van der Waals surface area contributed by atoms with Crippen LogP contribution in [0.2, 0.25) is 0 Å². The fraction of sp³-hybridized carbons (Fsp3) is 0.100. The second-order valence-corrected chi connectivity index (χ2v) is 3.19. The Balaban J connectivity index is 2.28. The molecule has 0 aliphatic heterocycles. The van der Waals surface area contributed by atoms with Gasteiger partial charge in [0.05, 0.1) is 11.4 Å². The Bertz CT molecular complexity index is 459. The Hall–Kier alpha value is -1.78. The topological polar surface area (TPSA) is 41.6 Å². The van der Waals surface area contributed by atoms with Crippen LogP contribution in [-0.4, -0.2) is 15.4 Å². The van der Waals surface area contributed by atoms with E-state index < -0.39 is 11.6 Å². The molecule has 0 saturated carbocycles. The van der Waals surface area contributed by atoms with Crippen molar-refractivity contribution >= 4 is 0 Å². The van der Waals surface area contributed by atoms with E-state index in [1.807, 2.05) is 0 Å². The van der Waals surface area contributed by atoms with Crippen LogP contribution in [0.5, 0.6) is 0 Å². The summed E-state index contributed by atoms with van der Waals surface area (Å²) in [6.45, 7) is 3.63. The predicted molar refractivity (Wildman–Crippen MR) is 50.0 cm³/mol. The Morgan fingerprint density at radius 2 is 1.87 bits per heavy atom. The van der Waals surface area contributed by atoms with E-state index in [1.54, 1.807) is 0 Å². The number of aromatic amines is 1. The van der Waals surface area contributed by atoms with Crippen LogP contribution in [-0.2, 0) is 6.42 Å². The molecule has 1 radical (unpaired) electrons. The minimum atomic E-state index is -0.594. The van der Waals surface area contributed by atoms with Gasteiger partial charge in [0.15, 0.2) is 0 Å². The summed E-state index contributed by atoms with van der Waals surface area (Å²) in [7, 11) is 0. The van der Waals surface area contributed by atoms with Crippen LogP contribution >= 0.6 is 0 Å². The van der Waals surface area contributed by atoms with E-state index in [9.17, 15) is 8.78 Å². The molecule has 0 fully saturated rings. The molecule has 0 saturated heterocycles. The molecule has 77 valence electrons. The van der Waals surface area contributed by atoms with Crippen LogP contribution in [0.3, 0.4) is 0 Å². The van der Waals surface area contributed by atoms with Gasteiger partial charge in [-0.15, -0.1) is 5.10 Å². The van der Waals surface area contributed by atoms with Crippen LogP contribution < -0.4 is 0 Å². The molecular formula is C10H8F2N3. The van der Waals surface area contributed by atoms with Crippen molar-refractivity contribution in [2.75, 3.05) is 0 Å². The molecule has 0 atom stereocenters. The fourth-order valence-corrected chi connectivity index (χ4v) is 1.33. The number of hydrogen-bond donors (Lipinski definition) is 1. The van der Waals surface area contributed by atoms with E-state index in [1.165, 1.54) is 12.1 Å². The van der Waals surface area contributed by atoms with Crippen molar-refractivity contribution in [3.8, 4) is 0 Å². The maximum Gasteiger partial charge on any atom is 0.126 e. The highest BCUT2D eigenvalue weighted by atomic mass is 19.1. The first-order chi connectivity index (χ1) is 7.15. The van der Waals surface area contributed by atoms with Crippen molar-refractivity contribution in [3.05, 3.63) is 53.7 Å². The molecule has 3 nitrogen and oxygen atoms in total. The van der Waals surface area contributed by atoms with Crippen LogP contribution in [0.25, 0.3) is 0 Å². The van der Waals surface area contributed by atoms with E-state index in [2.05, 4.69) is 22.3 Å². The lowest BCUT2D eigenvalue weighted by Crippen LogP contribution is -1.93. The molecule has 2 rings (SSSR count). The van der Waals surface area contributed by atoms with Gasteiger partial charge in [0.2, 0.25) is 0 Å². The van der Waals surface area contributed by atoms with Gasteiger partial charge in [-0.1, -0.05) is 5.21 Å².